The molecule has 0 bridgehead atoms. The maximum Gasteiger partial charge on any atom is 0.203 e. The molecular weight excluding hydrogens is 367 g/mol. The molecule has 0 aliphatic heterocycles. The van der Waals surface area contributed by atoms with Gasteiger partial charge < -0.3 is 10.2 Å². The third-order valence-corrected chi connectivity index (χ3v) is 12.1. The van der Waals surface area contributed by atoms with E-state index in [2.05, 4.69) is 41.5 Å². The van der Waals surface area contributed by atoms with Crippen molar-refractivity contribution in [2.45, 2.75) is 82.7 Å². The van der Waals surface area contributed by atoms with E-state index in [4.69, 9.17) is 10.2 Å². The summed E-state index contributed by atoms with van der Waals surface area (Å²) in [7, 11) is -2.37. The molecule has 0 amide bonds. The Kier molecular flexibility index (Phi) is 6.65. The zero-order chi connectivity index (χ0) is 20.6. The third-order valence-electron chi connectivity index (χ3n) is 6.02. The zero-order valence-corrected chi connectivity index (χ0v) is 18.2. The summed E-state index contributed by atoms with van der Waals surface area (Å²) in [5, 5.41) is 0. The van der Waals surface area contributed by atoms with Crippen LogP contribution >= 0.6 is 0 Å². The van der Waals surface area contributed by atoms with Crippen molar-refractivity contribution in [2.75, 3.05) is 0 Å². The molecule has 0 spiro atoms. The van der Waals surface area contributed by atoms with Gasteiger partial charge in [-0.3, -0.25) is 0 Å². The van der Waals surface area contributed by atoms with E-state index >= 15 is 0 Å². The van der Waals surface area contributed by atoms with E-state index in [1.807, 2.05) is 6.08 Å². The fraction of sp³-hybridized carbons (Fsp3) is 0.619. The predicted molar refractivity (Wildman–Crippen MR) is 106 cm³/mol. The fourth-order valence-corrected chi connectivity index (χ4v) is 10.4. The lowest BCUT2D eigenvalue weighted by molar-refractivity contribution is 0.0638. The summed E-state index contributed by atoms with van der Waals surface area (Å²) < 4.78 is 48.6. The molecule has 1 aromatic carbocycles. The Morgan fingerprint density at radius 3 is 2.00 bits per heavy atom. The highest BCUT2D eigenvalue weighted by atomic mass is 28.4. The van der Waals surface area contributed by atoms with Crippen LogP contribution in [0.1, 0.15) is 65.9 Å². The first-order valence-electron chi connectivity index (χ1n) is 9.76. The van der Waals surface area contributed by atoms with Crippen LogP contribution in [0.15, 0.2) is 24.3 Å². The van der Waals surface area contributed by atoms with E-state index in [0.717, 1.165) is 6.07 Å². The van der Waals surface area contributed by atoms with Crippen LogP contribution in [0.4, 0.5) is 13.2 Å². The van der Waals surface area contributed by atoms with Crippen LogP contribution in [0.2, 0.25) is 16.6 Å². The second-order valence-corrected chi connectivity index (χ2v) is 14.0. The highest BCUT2D eigenvalue weighted by Gasteiger charge is 2.52. The van der Waals surface area contributed by atoms with Crippen LogP contribution in [0.5, 0.6) is 0 Å². The SMILES string of the molecule is CC(C)[Si](OC1(N)C=CCCC1c1cc(F)c(F)cc1F)(C(C)C)C(C)C. The van der Waals surface area contributed by atoms with Crippen LogP contribution in [0.3, 0.4) is 0 Å². The van der Waals surface area contributed by atoms with E-state index in [-0.39, 0.29) is 5.56 Å². The molecule has 2 N–H and O–H groups in total. The van der Waals surface area contributed by atoms with Crippen molar-refractivity contribution in [3.8, 4) is 0 Å². The van der Waals surface area contributed by atoms with Crippen LogP contribution in [0, 0.1) is 17.5 Å². The maximum absolute atomic E-state index is 14.5. The van der Waals surface area contributed by atoms with Crippen molar-refractivity contribution in [1.82, 2.24) is 0 Å². The summed E-state index contributed by atoms with van der Waals surface area (Å²) in [4.78, 5) is 0. The molecule has 0 radical (unpaired) electrons. The summed E-state index contributed by atoms with van der Waals surface area (Å²) in [6, 6.07) is 1.53. The molecule has 2 rings (SSSR count). The van der Waals surface area contributed by atoms with Gasteiger partial charge in [-0.1, -0.05) is 47.6 Å². The van der Waals surface area contributed by atoms with Crippen molar-refractivity contribution < 1.29 is 17.6 Å². The van der Waals surface area contributed by atoms with Crippen LogP contribution < -0.4 is 5.73 Å². The third kappa shape index (κ3) is 4.03. The van der Waals surface area contributed by atoms with Crippen LogP contribution in [0.25, 0.3) is 0 Å². The zero-order valence-electron chi connectivity index (χ0n) is 17.2. The van der Waals surface area contributed by atoms with Gasteiger partial charge in [0.25, 0.3) is 0 Å². The Labute approximate surface area is 162 Å². The molecule has 2 atom stereocenters. The van der Waals surface area contributed by atoms with Gasteiger partial charge in [0, 0.05) is 12.0 Å². The Balaban J connectivity index is 2.56. The lowest BCUT2D eigenvalue weighted by atomic mass is 9.81. The van der Waals surface area contributed by atoms with Crippen molar-refractivity contribution >= 4 is 8.32 Å². The predicted octanol–water partition coefficient (Wildman–Crippen LogP) is 6.38. The molecule has 2 nitrogen and oxygen atoms in total. The Hall–Kier alpha value is -1.11. The van der Waals surface area contributed by atoms with Crippen molar-refractivity contribution in [3.63, 3.8) is 0 Å². The van der Waals surface area contributed by atoms with Crippen LogP contribution in [-0.2, 0) is 4.43 Å². The summed E-state index contributed by atoms with van der Waals surface area (Å²) in [5.74, 6) is -3.61. The number of benzene rings is 1. The molecule has 0 fully saturated rings. The molecule has 1 aliphatic rings. The van der Waals surface area contributed by atoms with Gasteiger partial charge in [0.15, 0.2) is 11.6 Å². The lowest BCUT2D eigenvalue weighted by Gasteiger charge is -2.50. The summed E-state index contributed by atoms with van der Waals surface area (Å²) >= 11 is 0. The van der Waals surface area contributed by atoms with Crippen LogP contribution in [-0.4, -0.2) is 14.0 Å². The van der Waals surface area contributed by atoms with E-state index in [1.165, 1.54) is 0 Å². The smallest absolute Gasteiger partial charge is 0.203 e. The number of hydrogen-bond acceptors (Lipinski definition) is 2. The first-order valence-corrected chi connectivity index (χ1v) is 11.9. The molecule has 0 saturated heterocycles. The molecule has 2 unspecified atom stereocenters. The Bertz CT molecular complexity index is 683. The molecule has 0 aromatic heterocycles. The van der Waals surface area contributed by atoms with Gasteiger partial charge in [0.1, 0.15) is 11.5 Å². The van der Waals surface area contributed by atoms with Gasteiger partial charge in [-0.05, 0) is 47.2 Å². The van der Waals surface area contributed by atoms with Crippen molar-refractivity contribution in [1.29, 1.82) is 0 Å². The number of hydrogen-bond donors (Lipinski definition) is 1. The second-order valence-electron chi connectivity index (χ2n) is 8.59. The summed E-state index contributed by atoms with van der Waals surface area (Å²) in [6.45, 7) is 12.9. The number of halogens is 3. The molecule has 1 aromatic rings. The molecular formula is C21H32F3NOSi. The first-order chi connectivity index (χ1) is 12.5. The molecule has 6 heteroatoms. The Morgan fingerprint density at radius 1 is 0.963 bits per heavy atom. The summed E-state index contributed by atoms with van der Waals surface area (Å²) in [5.41, 5.74) is 6.46. The highest BCUT2D eigenvalue weighted by molar-refractivity contribution is 6.77. The van der Waals surface area contributed by atoms with E-state index < -0.39 is 37.4 Å². The Morgan fingerprint density at radius 2 is 1.48 bits per heavy atom. The van der Waals surface area contributed by atoms with E-state index in [9.17, 15) is 13.2 Å². The molecule has 0 heterocycles. The molecule has 27 heavy (non-hydrogen) atoms. The van der Waals surface area contributed by atoms with Crippen molar-refractivity contribution in [2.24, 2.45) is 5.73 Å². The van der Waals surface area contributed by atoms with Gasteiger partial charge in [0.2, 0.25) is 8.32 Å². The monoisotopic (exact) mass is 399 g/mol. The standard InChI is InChI=1S/C21H32F3NOSi/c1-13(2)27(14(3)4,15(5)6)26-21(25)10-8-7-9-17(21)16-11-19(23)20(24)12-18(16)22/h8,10-15,17H,7,9,25H2,1-6H3. The topological polar surface area (TPSA) is 35.2 Å². The first kappa shape index (κ1) is 22.2. The highest BCUT2D eigenvalue weighted by Crippen LogP contribution is 2.48. The van der Waals surface area contributed by atoms with Gasteiger partial charge in [-0.15, -0.1) is 0 Å². The minimum absolute atomic E-state index is 0.0833. The number of rotatable bonds is 6. The van der Waals surface area contributed by atoms with Crippen molar-refractivity contribution in [3.05, 3.63) is 47.3 Å². The quantitative estimate of drug-likeness (QED) is 0.260. The summed E-state index contributed by atoms with van der Waals surface area (Å²) in [6.07, 6.45) is 4.93. The van der Waals surface area contributed by atoms with Gasteiger partial charge >= 0.3 is 0 Å². The molecule has 0 saturated carbocycles. The molecule has 152 valence electrons. The minimum Gasteiger partial charge on any atom is -0.395 e. The average molecular weight is 400 g/mol. The average Bonchev–Trinajstić information content (AvgIpc) is 2.56. The van der Waals surface area contributed by atoms with E-state index in [1.54, 1.807) is 6.08 Å². The van der Waals surface area contributed by atoms with Gasteiger partial charge in [-0.2, -0.15) is 0 Å². The second kappa shape index (κ2) is 8.09. The number of nitrogens with two attached hydrogens (primary N) is 1. The fourth-order valence-electron chi connectivity index (χ4n) is 4.84. The lowest BCUT2D eigenvalue weighted by Crippen LogP contribution is -2.60. The van der Waals surface area contributed by atoms with Gasteiger partial charge in [0.05, 0.1) is 0 Å². The maximum atomic E-state index is 14.5. The normalized spacial score (nSPS) is 23.7. The number of allylic oxidation sites excluding steroid dienone is 1. The van der Waals surface area contributed by atoms with E-state index in [0.29, 0.717) is 35.5 Å². The van der Waals surface area contributed by atoms with Gasteiger partial charge in [-0.25, -0.2) is 13.2 Å². The molecule has 1 aliphatic carbocycles. The minimum atomic E-state index is -2.37. The largest absolute Gasteiger partial charge is 0.395 e.